The number of halogens is 1. The van der Waals surface area contributed by atoms with Crippen molar-refractivity contribution in [3.8, 4) is 0 Å². The molecule has 0 amide bonds. The average Bonchev–Trinajstić information content (AvgIpc) is 2.84. The van der Waals surface area contributed by atoms with Crippen LogP contribution in [0.4, 0.5) is 0 Å². The monoisotopic (exact) mass is 344 g/mol. The number of fused-ring (bicyclic) bond motifs is 1. The van der Waals surface area contributed by atoms with Gasteiger partial charge in [0.1, 0.15) is 5.82 Å². The summed E-state index contributed by atoms with van der Waals surface area (Å²) in [5.74, 6) is 1.01. The maximum atomic E-state index is 6.29. The second kappa shape index (κ2) is 5.95. The van der Waals surface area contributed by atoms with Gasteiger partial charge in [0.05, 0.1) is 22.8 Å². The zero-order chi connectivity index (χ0) is 14.8. The summed E-state index contributed by atoms with van der Waals surface area (Å²) in [5, 5.41) is 0. The standard InChI is InChI=1S/C16H17BrN4/c1-2-21-15-6-4-3-5-14(15)20-16(21)9-12(18)13-8-7-11(17)10-19-13/h3-8,10,12H,2,9,18H2,1H3. The topological polar surface area (TPSA) is 56.7 Å². The third-order valence-electron chi connectivity index (χ3n) is 3.58. The highest BCUT2D eigenvalue weighted by Gasteiger charge is 2.15. The van der Waals surface area contributed by atoms with Crippen LogP contribution in [0.1, 0.15) is 24.5 Å². The Morgan fingerprint density at radius 2 is 2.05 bits per heavy atom. The van der Waals surface area contributed by atoms with Crippen LogP contribution in [-0.4, -0.2) is 14.5 Å². The fourth-order valence-electron chi connectivity index (χ4n) is 2.54. The highest BCUT2D eigenvalue weighted by Crippen LogP contribution is 2.20. The van der Waals surface area contributed by atoms with Crippen molar-refractivity contribution in [3.05, 3.63) is 58.6 Å². The van der Waals surface area contributed by atoms with Crippen molar-refractivity contribution >= 4 is 27.0 Å². The lowest BCUT2D eigenvalue weighted by Gasteiger charge is -2.12. The summed E-state index contributed by atoms with van der Waals surface area (Å²) in [6.07, 6.45) is 2.45. The van der Waals surface area contributed by atoms with Gasteiger partial charge in [-0.25, -0.2) is 4.98 Å². The van der Waals surface area contributed by atoms with Crippen molar-refractivity contribution in [1.29, 1.82) is 0 Å². The molecular formula is C16H17BrN4. The first kappa shape index (κ1) is 14.2. The van der Waals surface area contributed by atoms with Crippen LogP contribution in [0.15, 0.2) is 47.1 Å². The van der Waals surface area contributed by atoms with Crippen LogP contribution in [-0.2, 0) is 13.0 Å². The maximum absolute atomic E-state index is 6.29. The molecule has 2 N–H and O–H groups in total. The first-order valence-electron chi connectivity index (χ1n) is 7.00. The van der Waals surface area contributed by atoms with E-state index in [0.29, 0.717) is 6.42 Å². The zero-order valence-corrected chi connectivity index (χ0v) is 13.4. The molecule has 0 fully saturated rings. The molecule has 1 atom stereocenters. The van der Waals surface area contributed by atoms with Crippen molar-refractivity contribution in [2.45, 2.75) is 25.9 Å². The Hall–Kier alpha value is -1.72. The van der Waals surface area contributed by atoms with Crippen LogP contribution < -0.4 is 5.73 Å². The predicted octanol–water partition coefficient (Wildman–Crippen LogP) is 3.46. The van der Waals surface area contributed by atoms with E-state index in [9.17, 15) is 0 Å². The smallest absolute Gasteiger partial charge is 0.111 e. The fourth-order valence-corrected chi connectivity index (χ4v) is 2.78. The molecule has 0 bridgehead atoms. The maximum Gasteiger partial charge on any atom is 0.111 e. The summed E-state index contributed by atoms with van der Waals surface area (Å²) in [7, 11) is 0. The number of nitrogens with zero attached hydrogens (tertiary/aromatic N) is 3. The SMILES string of the molecule is CCn1c(CC(N)c2ccc(Br)cn2)nc2ccccc21. The van der Waals surface area contributed by atoms with Gasteiger partial charge in [0.15, 0.2) is 0 Å². The molecule has 1 unspecified atom stereocenters. The lowest BCUT2D eigenvalue weighted by molar-refractivity contribution is 0.625. The first-order valence-corrected chi connectivity index (χ1v) is 7.79. The van der Waals surface area contributed by atoms with Crippen molar-refractivity contribution < 1.29 is 0 Å². The zero-order valence-electron chi connectivity index (χ0n) is 11.8. The molecule has 108 valence electrons. The average molecular weight is 345 g/mol. The number of pyridine rings is 1. The number of imidazole rings is 1. The summed E-state index contributed by atoms with van der Waals surface area (Å²) in [6.45, 7) is 3.01. The Morgan fingerprint density at radius 3 is 2.76 bits per heavy atom. The molecule has 2 heterocycles. The molecule has 4 nitrogen and oxygen atoms in total. The van der Waals surface area contributed by atoms with Crippen molar-refractivity contribution in [2.75, 3.05) is 0 Å². The minimum atomic E-state index is -0.153. The minimum absolute atomic E-state index is 0.153. The van der Waals surface area contributed by atoms with Gasteiger partial charge in [0.25, 0.3) is 0 Å². The Bertz CT molecular complexity index is 749. The van der Waals surface area contributed by atoms with Gasteiger partial charge in [-0.3, -0.25) is 4.98 Å². The van der Waals surface area contributed by atoms with Crippen molar-refractivity contribution in [3.63, 3.8) is 0 Å². The second-order valence-electron chi connectivity index (χ2n) is 4.97. The number of hydrogen-bond acceptors (Lipinski definition) is 3. The van der Waals surface area contributed by atoms with E-state index in [2.05, 4.69) is 38.5 Å². The molecule has 5 heteroatoms. The molecule has 2 aromatic heterocycles. The number of nitrogens with two attached hydrogens (primary N) is 1. The second-order valence-corrected chi connectivity index (χ2v) is 5.89. The molecular weight excluding hydrogens is 328 g/mol. The molecule has 0 aliphatic heterocycles. The summed E-state index contributed by atoms with van der Waals surface area (Å²) in [5.41, 5.74) is 9.35. The molecule has 0 aliphatic rings. The summed E-state index contributed by atoms with van der Waals surface area (Å²) >= 11 is 3.39. The van der Waals surface area contributed by atoms with Crippen molar-refractivity contribution in [1.82, 2.24) is 14.5 Å². The third-order valence-corrected chi connectivity index (χ3v) is 4.05. The van der Waals surface area contributed by atoms with E-state index < -0.39 is 0 Å². The lowest BCUT2D eigenvalue weighted by atomic mass is 10.1. The first-order chi connectivity index (χ1) is 10.2. The molecule has 21 heavy (non-hydrogen) atoms. The van der Waals surface area contributed by atoms with E-state index in [0.717, 1.165) is 33.6 Å². The van der Waals surface area contributed by atoms with Crippen LogP contribution >= 0.6 is 15.9 Å². The van der Waals surface area contributed by atoms with Crippen LogP contribution in [0.3, 0.4) is 0 Å². The Labute approximate surface area is 132 Å². The number of aromatic nitrogens is 3. The minimum Gasteiger partial charge on any atom is -0.328 e. The third kappa shape index (κ3) is 2.84. The van der Waals surface area contributed by atoms with Crippen LogP contribution in [0.25, 0.3) is 11.0 Å². The molecule has 3 rings (SSSR count). The van der Waals surface area contributed by atoms with Gasteiger partial charge in [-0.2, -0.15) is 0 Å². The van der Waals surface area contributed by atoms with E-state index in [-0.39, 0.29) is 6.04 Å². The molecule has 0 saturated heterocycles. The largest absolute Gasteiger partial charge is 0.328 e. The lowest BCUT2D eigenvalue weighted by Crippen LogP contribution is -2.17. The van der Waals surface area contributed by atoms with E-state index in [4.69, 9.17) is 10.7 Å². The summed E-state index contributed by atoms with van der Waals surface area (Å²) in [4.78, 5) is 9.09. The number of aryl methyl sites for hydroxylation is 1. The summed E-state index contributed by atoms with van der Waals surface area (Å²) in [6, 6.07) is 11.9. The van der Waals surface area contributed by atoms with Gasteiger partial charge in [-0.1, -0.05) is 12.1 Å². The predicted molar refractivity (Wildman–Crippen MR) is 88.0 cm³/mol. The Morgan fingerprint density at radius 1 is 1.24 bits per heavy atom. The molecule has 1 aromatic carbocycles. The van der Waals surface area contributed by atoms with Crippen molar-refractivity contribution in [2.24, 2.45) is 5.73 Å². The van der Waals surface area contributed by atoms with Crippen LogP contribution in [0.5, 0.6) is 0 Å². The van der Waals surface area contributed by atoms with E-state index in [1.54, 1.807) is 6.20 Å². The summed E-state index contributed by atoms with van der Waals surface area (Å²) < 4.78 is 3.17. The quantitative estimate of drug-likeness (QED) is 0.788. The Kier molecular flexibility index (Phi) is 4.03. The van der Waals surface area contributed by atoms with Gasteiger partial charge >= 0.3 is 0 Å². The molecule has 3 aromatic rings. The van der Waals surface area contributed by atoms with Gasteiger partial charge < -0.3 is 10.3 Å². The van der Waals surface area contributed by atoms with E-state index in [1.807, 2.05) is 30.3 Å². The molecule has 0 aliphatic carbocycles. The highest BCUT2D eigenvalue weighted by atomic mass is 79.9. The van der Waals surface area contributed by atoms with Crippen LogP contribution in [0, 0.1) is 0 Å². The number of para-hydroxylation sites is 2. The molecule has 0 saturated carbocycles. The number of benzene rings is 1. The van der Waals surface area contributed by atoms with Gasteiger partial charge in [0, 0.05) is 23.6 Å². The molecule has 0 spiro atoms. The number of hydrogen-bond donors (Lipinski definition) is 1. The van der Waals surface area contributed by atoms with Gasteiger partial charge in [-0.15, -0.1) is 0 Å². The van der Waals surface area contributed by atoms with Gasteiger partial charge in [0.2, 0.25) is 0 Å². The Balaban J connectivity index is 1.92. The highest BCUT2D eigenvalue weighted by molar-refractivity contribution is 9.10. The number of rotatable bonds is 4. The van der Waals surface area contributed by atoms with E-state index in [1.165, 1.54) is 0 Å². The van der Waals surface area contributed by atoms with Crippen LogP contribution in [0.2, 0.25) is 0 Å². The van der Waals surface area contributed by atoms with Gasteiger partial charge in [-0.05, 0) is 47.1 Å². The fraction of sp³-hybridized carbons (Fsp3) is 0.250. The normalized spacial score (nSPS) is 12.7. The molecule has 0 radical (unpaired) electrons. The van der Waals surface area contributed by atoms with E-state index >= 15 is 0 Å².